The lowest BCUT2D eigenvalue weighted by atomic mass is 10.1. The smallest absolute Gasteiger partial charge is 0.190 e. The molecule has 0 heterocycles. The van der Waals surface area contributed by atoms with Crippen LogP contribution in [0.1, 0.15) is 10.4 Å². The third-order valence-corrected chi connectivity index (χ3v) is 1.43. The first-order valence-corrected chi connectivity index (χ1v) is 3.43. The van der Waals surface area contributed by atoms with E-state index in [2.05, 4.69) is 0 Å². The number of ketones is 1. The van der Waals surface area contributed by atoms with Gasteiger partial charge in [0.2, 0.25) is 0 Å². The average Bonchev–Trinajstić information content (AvgIpc) is 2.04. The minimum Gasteiger partial charge on any atom is -0.878 e. The Morgan fingerprint density at radius 2 is 1.85 bits per heavy atom. The van der Waals surface area contributed by atoms with Crippen LogP contribution in [0.3, 0.4) is 0 Å². The van der Waals surface area contributed by atoms with Crippen LogP contribution >= 0.6 is 0 Å². The molecule has 0 N–H and O–H groups in total. The van der Waals surface area contributed by atoms with Crippen molar-refractivity contribution in [2.24, 2.45) is 0 Å². The van der Waals surface area contributed by atoms with Crippen LogP contribution in [0, 0.1) is 11.6 Å². The molecule has 1 aromatic carbocycles. The van der Waals surface area contributed by atoms with E-state index >= 15 is 0 Å². The van der Waals surface area contributed by atoms with Crippen molar-refractivity contribution < 1.29 is 18.7 Å². The molecule has 0 bridgehead atoms. The summed E-state index contributed by atoms with van der Waals surface area (Å²) in [5.74, 6) is -2.91. The Hall–Kier alpha value is -1.71. The Morgan fingerprint density at radius 3 is 2.31 bits per heavy atom. The molecule has 0 spiro atoms. The topological polar surface area (TPSA) is 40.1 Å². The molecule has 13 heavy (non-hydrogen) atoms. The van der Waals surface area contributed by atoms with Gasteiger partial charge < -0.3 is 5.11 Å². The number of carbonyl (C=O) groups excluding carboxylic acids is 1. The van der Waals surface area contributed by atoms with Crippen LogP contribution in [0.2, 0.25) is 0 Å². The Kier molecular flexibility index (Phi) is 2.74. The SMILES string of the molecule is O=C(C=C[O-])c1c(F)cccc1F. The zero-order valence-corrected chi connectivity index (χ0v) is 6.46. The first-order valence-electron chi connectivity index (χ1n) is 3.43. The average molecular weight is 183 g/mol. The summed E-state index contributed by atoms with van der Waals surface area (Å²) in [7, 11) is 0. The highest BCUT2D eigenvalue weighted by molar-refractivity contribution is 6.04. The van der Waals surface area contributed by atoms with Crippen LogP contribution in [-0.4, -0.2) is 5.78 Å². The van der Waals surface area contributed by atoms with Crippen LogP contribution in [-0.2, 0) is 0 Å². The second-order valence-corrected chi connectivity index (χ2v) is 2.26. The van der Waals surface area contributed by atoms with E-state index < -0.39 is 23.0 Å². The molecular formula is C9H5F2O2-. The Morgan fingerprint density at radius 1 is 1.31 bits per heavy atom. The van der Waals surface area contributed by atoms with Gasteiger partial charge in [-0.25, -0.2) is 8.78 Å². The molecular weight excluding hydrogens is 178 g/mol. The zero-order chi connectivity index (χ0) is 9.84. The van der Waals surface area contributed by atoms with Crippen molar-refractivity contribution in [3.05, 3.63) is 47.7 Å². The first kappa shape index (κ1) is 9.38. The van der Waals surface area contributed by atoms with Gasteiger partial charge in [0.25, 0.3) is 0 Å². The standard InChI is InChI=1S/C9H6F2O2/c10-6-2-1-3-7(11)9(6)8(13)4-5-12/h1-5,12H/p-1. The van der Waals surface area contributed by atoms with E-state index in [-0.39, 0.29) is 6.26 Å². The molecule has 0 aliphatic heterocycles. The minimum absolute atomic E-state index is 0.189. The molecule has 1 aromatic rings. The van der Waals surface area contributed by atoms with E-state index in [4.69, 9.17) is 0 Å². The third kappa shape index (κ3) is 1.90. The van der Waals surface area contributed by atoms with E-state index in [1.165, 1.54) is 0 Å². The molecule has 2 nitrogen and oxygen atoms in total. The molecule has 0 aromatic heterocycles. The van der Waals surface area contributed by atoms with Crippen molar-refractivity contribution in [3.8, 4) is 0 Å². The molecule has 0 unspecified atom stereocenters. The zero-order valence-electron chi connectivity index (χ0n) is 6.46. The Labute approximate surface area is 73.1 Å². The lowest BCUT2D eigenvalue weighted by Crippen LogP contribution is -2.03. The van der Waals surface area contributed by atoms with Crippen LogP contribution in [0.15, 0.2) is 30.5 Å². The minimum atomic E-state index is -0.969. The number of hydrogen-bond donors (Lipinski definition) is 0. The van der Waals surface area contributed by atoms with Crippen molar-refractivity contribution in [1.82, 2.24) is 0 Å². The van der Waals surface area contributed by atoms with Gasteiger partial charge in [0, 0.05) is 0 Å². The molecule has 0 saturated heterocycles. The van der Waals surface area contributed by atoms with Crippen LogP contribution in [0.25, 0.3) is 0 Å². The van der Waals surface area contributed by atoms with E-state index in [0.29, 0.717) is 6.08 Å². The molecule has 0 saturated carbocycles. The van der Waals surface area contributed by atoms with Gasteiger partial charge in [-0.2, -0.15) is 0 Å². The largest absolute Gasteiger partial charge is 0.878 e. The molecule has 0 atom stereocenters. The van der Waals surface area contributed by atoms with Crippen LogP contribution in [0.5, 0.6) is 0 Å². The highest BCUT2D eigenvalue weighted by atomic mass is 19.1. The Bertz CT molecular complexity index is 338. The highest BCUT2D eigenvalue weighted by Crippen LogP contribution is 2.12. The first-order chi connectivity index (χ1) is 6.16. The normalized spacial score (nSPS) is 10.6. The monoisotopic (exact) mass is 183 g/mol. The summed E-state index contributed by atoms with van der Waals surface area (Å²) in [5, 5.41) is 9.89. The number of halogens is 2. The maximum Gasteiger partial charge on any atom is 0.190 e. The predicted molar refractivity (Wildman–Crippen MR) is 39.8 cm³/mol. The van der Waals surface area contributed by atoms with E-state index in [9.17, 15) is 18.7 Å². The van der Waals surface area contributed by atoms with Gasteiger partial charge in [-0.3, -0.25) is 4.79 Å². The van der Waals surface area contributed by atoms with Gasteiger partial charge in [-0.15, -0.1) is 6.26 Å². The summed E-state index contributed by atoms with van der Waals surface area (Å²) < 4.78 is 25.7. The van der Waals surface area contributed by atoms with E-state index in [0.717, 1.165) is 18.2 Å². The molecule has 0 fully saturated rings. The summed E-state index contributed by atoms with van der Waals surface area (Å²) >= 11 is 0. The number of carbonyl (C=O) groups is 1. The fraction of sp³-hybridized carbons (Fsp3) is 0. The van der Waals surface area contributed by atoms with Crippen molar-refractivity contribution in [2.45, 2.75) is 0 Å². The van der Waals surface area contributed by atoms with Gasteiger partial charge in [0.1, 0.15) is 11.6 Å². The van der Waals surface area contributed by atoms with E-state index in [1.807, 2.05) is 0 Å². The number of rotatable bonds is 2. The summed E-state index contributed by atoms with van der Waals surface area (Å²) in [4.78, 5) is 10.9. The van der Waals surface area contributed by atoms with Gasteiger partial charge in [0.15, 0.2) is 5.78 Å². The third-order valence-electron chi connectivity index (χ3n) is 1.43. The summed E-state index contributed by atoms with van der Waals surface area (Å²) in [5.41, 5.74) is -0.699. The fourth-order valence-electron chi connectivity index (χ4n) is 0.878. The van der Waals surface area contributed by atoms with Crippen LogP contribution in [0.4, 0.5) is 8.78 Å². The van der Waals surface area contributed by atoms with Crippen molar-refractivity contribution in [1.29, 1.82) is 0 Å². The summed E-state index contributed by atoms with van der Waals surface area (Å²) in [6.45, 7) is 0. The van der Waals surface area contributed by atoms with Gasteiger partial charge in [0.05, 0.1) is 5.56 Å². The number of allylic oxidation sites excluding steroid dienone is 1. The number of hydrogen-bond acceptors (Lipinski definition) is 2. The molecule has 0 amide bonds. The molecule has 0 radical (unpaired) electrons. The molecule has 1 rings (SSSR count). The van der Waals surface area contributed by atoms with Gasteiger partial charge in [-0.05, 0) is 18.2 Å². The lowest BCUT2D eigenvalue weighted by Gasteiger charge is -2.00. The molecule has 4 heteroatoms. The quantitative estimate of drug-likeness (QED) is 0.390. The summed E-state index contributed by atoms with van der Waals surface area (Å²) in [6, 6.07) is 3.05. The lowest BCUT2D eigenvalue weighted by molar-refractivity contribution is -0.274. The second-order valence-electron chi connectivity index (χ2n) is 2.26. The molecule has 0 aliphatic rings. The van der Waals surface area contributed by atoms with Crippen LogP contribution < -0.4 is 5.11 Å². The predicted octanol–water partition coefficient (Wildman–Crippen LogP) is 1.02. The van der Waals surface area contributed by atoms with E-state index in [1.54, 1.807) is 0 Å². The Balaban J connectivity index is 3.20. The van der Waals surface area contributed by atoms with Gasteiger partial charge in [-0.1, -0.05) is 6.07 Å². The van der Waals surface area contributed by atoms with Crippen molar-refractivity contribution >= 4 is 5.78 Å². The molecule has 68 valence electrons. The van der Waals surface area contributed by atoms with Crippen molar-refractivity contribution in [2.75, 3.05) is 0 Å². The maximum absolute atomic E-state index is 12.8. The number of benzene rings is 1. The maximum atomic E-state index is 12.8. The van der Waals surface area contributed by atoms with Gasteiger partial charge >= 0.3 is 0 Å². The van der Waals surface area contributed by atoms with Crippen molar-refractivity contribution in [3.63, 3.8) is 0 Å². The molecule has 0 aliphatic carbocycles. The second kappa shape index (κ2) is 3.80. The highest BCUT2D eigenvalue weighted by Gasteiger charge is 2.13. The summed E-state index contributed by atoms with van der Waals surface area (Å²) in [6.07, 6.45) is 0.760. The fourth-order valence-corrected chi connectivity index (χ4v) is 0.878.